The van der Waals surface area contributed by atoms with E-state index in [-0.39, 0.29) is 12.5 Å². The zero-order chi connectivity index (χ0) is 34.3. The smallest absolute Gasteiger partial charge is 0.220 e. The van der Waals surface area contributed by atoms with Gasteiger partial charge in [-0.1, -0.05) is 218 Å². The van der Waals surface area contributed by atoms with Gasteiger partial charge < -0.3 is 15.5 Å². The van der Waals surface area contributed by atoms with Gasteiger partial charge in [-0.05, 0) is 25.7 Å². The van der Waals surface area contributed by atoms with E-state index in [1.807, 2.05) is 6.08 Å². The van der Waals surface area contributed by atoms with Crippen molar-refractivity contribution in [2.75, 3.05) is 6.61 Å². The Balaban J connectivity index is 3.38. The van der Waals surface area contributed by atoms with Crippen molar-refractivity contribution in [2.24, 2.45) is 0 Å². The number of allylic oxidation sites excluding steroid dienone is 3. The predicted molar refractivity (Wildman–Crippen MR) is 207 cm³/mol. The summed E-state index contributed by atoms with van der Waals surface area (Å²) in [7, 11) is 0. The lowest BCUT2D eigenvalue weighted by molar-refractivity contribution is -0.123. The van der Waals surface area contributed by atoms with Crippen LogP contribution in [-0.4, -0.2) is 34.9 Å². The lowest BCUT2D eigenvalue weighted by Crippen LogP contribution is -2.45. The topological polar surface area (TPSA) is 69.6 Å². The number of hydrogen-bond donors (Lipinski definition) is 3. The fraction of sp³-hybridized carbons (Fsp3) is 0.884. The van der Waals surface area contributed by atoms with Crippen molar-refractivity contribution in [3.8, 4) is 0 Å². The normalized spacial score (nSPS) is 13.2. The Bertz CT molecular complexity index is 676. The predicted octanol–water partition coefficient (Wildman–Crippen LogP) is 12.8. The van der Waals surface area contributed by atoms with Crippen molar-refractivity contribution in [1.29, 1.82) is 0 Å². The minimum absolute atomic E-state index is 0.0752. The van der Waals surface area contributed by atoms with E-state index in [1.165, 1.54) is 167 Å². The Labute approximate surface area is 294 Å². The summed E-state index contributed by atoms with van der Waals surface area (Å²) in [5, 5.41) is 22.7. The molecule has 0 aliphatic heterocycles. The summed E-state index contributed by atoms with van der Waals surface area (Å²) in [5.74, 6) is -0.0752. The highest BCUT2D eigenvalue weighted by Crippen LogP contribution is 2.16. The molecule has 47 heavy (non-hydrogen) atoms. The van der Waals surface area contributed by atoms with E-state index in [4.69, 9.17) is 0 Å². The maximum absolute atomic E-state index is 12.3. The molecular weight excluding hydrogens is 578 g/mol. The molecule has 278 valence electrons. The third-order valence-electron chi connectivity index (χ3n) is 9.67. The number of aliphatic hydroxyl groups excluding tert-OH is 2. The molecule has 3 N–H and O–H groups in total. The molecule has 4 nitrogen and oxygen atoms in total. The number of unbranched alkanes of at least 4 members (excludes halogenated alkanes) is 29. The van der Waals surface area contributed by atoms with E-state index < -0.39 is 12.1 Å². The molecule has 0 radical (unpaired) electrons. The number of carbonyl (C=O) groups excluding carboxylic acids is 1. The van der Waals surface area contributed by atoms with Crippen LogP contribution in [0.2, 0.25) is 0 Å². The molecule has 0 aromatic heterocycles. The zero-order valence-corrected chi connectivity index (χ0v) is 31.8. The SMILES string of the molecule is CCC/C=C/CC/C=C/C(O)C(CO)NC(=O)CCCCCCCCCCCCCCCCCCCCCCCCCCCCCC. The van der Waals surface area contributed by atoms with Crippen molar-refractivity contribution < 1.29 is 15.0 Å². The monoisotopic (exact) mass is 662 g/mol. The van der Waals surface area contributed by atoms with Gasteiger partial charge in [-0.3, -0.25) is 4.79 Å². The van der Waals surface area contributed by atoms with E-state index in [0.717, 1.165) is 38.5 Å². The van der Waals surface area contributed by atoms with Crippen LogP contribution in [0, 0.1) is 0 Å². The number of nitrogens with one attached hydrogen (secondary N) is 1. The minimum Gasteiger partial charge on any atom is -0.394 e. The molecule has 2 atom stereocenters. The standard InChI is InChI=1S/C43H83NO3/c1-3-5-7-9-11-12-13-14-15-16-17-18-19-20-21-22-23-24-25-26-27-28-29-30-31-33-35-37-39-43(47)44-41(40-45)42(46)38-36-34-32-10-8-6-4-2/h8,10,36,38,41-42,45-46H,3-7,9,11-35,37,39-40H2,1-2H3,(H,44,47)/b10-8+,38-36+. The van der Waals surface area contributed by atoms with Gasteiger partial charge in [0, 0.05) is 6.42 Å². The van der Waals surface area contributed by atoms with Crippen LogP contribution in [0.4, 0.5) is 0 Å². The summed E-state index contributed by atoms with van der Waals surface area (Å²) < 4.78 is 0. The number of carbonyl (C=O) groups is 1. The average molecular weight is 662 g/mol. The fourth-order valence-electron chi connectivity index (χ4n) is 6.44. The fourth-order valence-corrected chi connectivity index (χ4v) is 6.44. The highest BCUT2D eigenvalue weighted by atomic mass is 16.3. The molecule has 0 fully saturated rings. The van der Waals surface area contributed by atoms with Gasteiger partial charge in [-0.2, -0.15) is 0 Å². The first kappa shape index (κ1) is 45.9. The van der Waals surface area contributed by atoms with Crippen LogP contribution < -0.4 is 5.32 Å². The molecule has 0 heterocycles. The van der Waals surface area contributed by atoms with Crippen molar-refractivity contribution >= 4 is 5.91 Å². The van der Waals surface area contributed by atoms with E-state index in [2.05, 4.69) is 31.3 Å². The molecule has 0 aliphatic carbocycles. The summed E-state index contributed by atoms with van der Waals surface area (Å²) >= 11 is 0. The van der Waals surface area contributed by atoms with E-state index in [0.29, 0.717) is 6.42 Å². The molecule has 0 spiro atoms. The van der Waals surface area contributed by atoms with Gasteiger partial charge in [0.05, 0.1) is 18.8 Å². The summed E-state index contributed by atoms with van der Waals surface area (Å²) in [6.07, 6.45) is 50.4. The Morgan fingerprint density at radius 3 is 1.19 bits per heavy atom. The third-order valence-corrected chi connectivity index (χ3v) is 9.67. The second kappa shape index (κ2) is 39.3. The zero-order valence-electron chi connectivity index (χ0n) is 31.8. The van der Waals surface area contributed by atoms with Gasteiger partial charge >= 0.3 is 0 Å². The van der Waals surface area contributed by atoms with Crippen molar-refractivity contribution in [3.05, 3.63) is 24.3 Å². The van der Waals surface area contributed by atoms with Gasteiger partial charge in [0.2, 0.25) is 5.91 Å². The largest absolute Gasteiger partial charge is 0.394 e. The first-order valence-electron chi connectivity index (χ1n) is 21.1. The second-order valence-corrected chi connectivity index (χ2v) is 14.4. The summed E-state index contributed by atoms with van der Waals surface area (Å²) in [4.78, 5) is 12.3. The molecule has 0 bridgehead atoms. The van der Waals surface area contributed by atoms with E-state index in [1.54, 1.807) is 6.08 Å². The maximum Gasteiger partial charge on any atom is 0.220 e. The first-order valence-corrected chi connectivity index (χ1v) is 21.1. The van der Waals surface area contributed by atoms with Crippen LogP contribution in [0.15, 0.2) is 24.3 Å². The van der Waals surface area contributed by atoms with Crippen LogP contribution in [0.5, 0.6) is 0 Å². The summed E-state index contributed by atoms with van der Waals surface area (Å²) in [6, 6.07) is -0.631. The van der Waals surface area contributed by atoms with Crippen molar-refractivity contribution in [2.45, 2.75) is 238 Å². The third kappa shape index (κ3) is 36.0. The molecule has 0 aliphatic rings. The average Bonchev–Trinajstić information content (AvgIpc) is 3.07. The molecule has 1 amide bonds. The summed E-state index contributed by atoms with van der Waals surface area (Å²) in [6.45, 7) is 4.20. The van der Waals surface area contributed by atoms with E-state index >= 15 is 0 Å². The van der Waals surface area contributed by atoms with Crippen LogP contribution in [-0.2, 0) is 4.79 Å². The number of amides is 1. The highest BCUT2D eigenvalue weighted by molar-refractivity contribution is 5.76. The lowest BCUT2D eigenvalue weighted by atomic mass is 10.0. The van der Waals surface area contributed by atoms with Crippen molar-refractivity contribution in [1.82, 2.24) is 5.32 Å². The first-order chi connectivity index (χ1) is 23.2. The minimum atomic E-state index is -0.854. The number of aliphatic hydroxyl groups is 2. The molecule has 4 heteroatoms. The quantitative estimate of drug-likeness (QED) is 0.0455. The van der Waals surface area contributed by atoms with Gasteiger partial charge in [-0.15, -0.1) is 0 Å². The van der Waals surface area contributed by atoms with E-state index in [9.17, 15) is 15.0 Å². The van der Waals surface area contributed by atoms with Gasteiger partial charge in [0.15, 0.2) is 0 Å². The van der Waals surface area contributed by atoms with Gasteiger partial charge in [-0.25, -0.2) is 0 Å². The number of hydrogen-bond acceptors (Lipinski definition) is 3. The number of rotatable bonds is 38. The lowest BCUT2D eigenvalue weighted by Gasteiger charge is -2.19. The Kier molecular flexibility index (Phi) is 38.4. The van der Waals surface area contributed by atoms with Crippen LogP contribution in [0.1, 0.15) is 226 Å². The second-order valence-electron chi connectivity index (χ2n) is 14.4. The Hall–Kier alpha value is -1.13. The van der Waals surface area contributed by atoms with Crippen LogP contribution in [0.25, 0.3) is 0 Å². The molecular formula is C43H83NO3. The molecule has 0 rings (SSSR count). The van der Waals surface area contributed by atoms with Gasteiger partial charge in [0.25, 0.3) is 0 Å². The van der Waals surface area contributed by atoms with Crippen LogP contribution in [0.3, 0.4) is 0 Å². The summed E-state index contributed by atoms with van der Waals surface area (Å²) in [5.41, 5.74) is 0. The Morgan fingerprint density at radius 2 is 0.830 bits per heavy atom. The Morgan fingerprint density at radius 1 is 0.489 bits per heavy atom. The van der Waals surface area contributed by atoms with Crippen molar-refractivity contribution in [3.63, 3.8) is 0 Å². The maximum atomic E-state index is 12.3. The molecule has 0 saturated carbocycles. The van der Waals surface area contributed by atoms with Crippen LogP contribution >= 0.6 is 0 Å². The highest BCUT2D eigenvalue weighted by Gasteiger charge is 2.17. The molecule has 0 aromatic carbocycles. The molecule has 0 aromatic rings. The molecule has 2 unspecified atom stereocenters. The molecule has 0 saturated heterocycles. The van der Waals surface area contributed by atoms with Gasteiger partial charge in [0.1, 0.15) is 0 Å².